The highest BCUT2D eigenvalue weighted by Gasteiger charge is 2.51. The van der Waals surface area contributed by atoms with Crippen molar-refractivity contribution < 1.29 is 9.84 Å². The highest BCUT2D eigenvalue weighted by molar-refractivity contribution is 5.44. The van der Waals surface area contributed by atoms with E-state index >= 15 is 0 Å². The Morgan fingerprint density at radius 2 is 2.26 bits per heavy atom. The number of ether oxygens (including phenoxy) is 1. The Labute approximate surface area is 114 Å². The second-order valence-electron chi connectivity index (χ2n) is 6.70. The predicted octanol–water partition coefficient (Wildman–Crippen LogP) is 2.35. The zero-order chi connectivity index (χ0) is 13.7. The Kier molecular flexibility index (Phi) is 2.88. The quantitative estimate of drug-likeness (QED) is 0.859. The second kappa shape index (κ2) is 4.22. The molecule has 0 saturated heterocycles. The molecule has 0 aromatic heterocycles. The van der Waals surface area contributed by atoms with Crippen LogP contribution >= 0.6 is 0 Å². The molecule has 2 aliphatic carbocycles. The van der Waals surface area contributed by atoms with Crippen LogP contribution in [0.5, 0.6) is 5.75 Å². The van der Waals surface area contributed by atoms with Gasteiger partial charge in [-0.1, -0.05) is 13.0 Å². The maximum atomic E-state index is 9.77. The molecule has 1 saturated carbocycles. The van der Waals surface area contributed by atoms with Crippen molar-refractivity contribution in [2.75, 3.05) is 13.7 Å². The second-order valence-corrected chi connectivity index (χ2v) is 6.70. The van der Waals surface area contributed by atoms with Crippen molar-refractivity contribution in [2.45, 2.75) is 44.1 Å². The Morgan fingerprint density at radius 1 is 1.47 bits per heavy atom. The maximum absolute atomic E-state index is 9.77. The normalized spacial score (nSPS) is 36.9. The summed E-state index contributed by atoms with van der Waals surface area (Å²) in [5.41, 5.74) is 9.25. The number of hydrogen-bond acceptors (Lipinski definition) is 3. The minimum atomic E-state index is 0.0612. The molecule has 2 aliphatic rings. The molecule has 0 aliphatic heterocycles. The molecule has 3 rings (SSSR count). The molecule has 104 valence electrons. The van der Waals surface area contributed by atoms with E-state index in [-0.39, 0.29) is 16.9 Å². The van der Waals surface area contributed by atoms with Gasteiger partial charge in [-0.15, -0.1) is 0 Å². The van der Waals surface area contributed by atoms with Gasteiger partial charge < -0.3 is 15.6 Å². The first-order chi connectivity index (χ1) is 8.99. The highest BCUT2D eigenvalue weighted by Crippen LogP contribution is 2.54. The molecule has 0 amide bonds. The number of aromatic hydroxyl groups is 1. The van der Waals surface area contributed by atoms with E-state index in [1.54, 1.807) is 13.2 Å². The summed E-state index contributed by atoms with van der Waals surface area (Å²) in [6, 6.07) is 6.00. The Hall–Kier alpha value is -1.06. The van der Waals surface area contributed by atoms with Crippen LogP contribution in [0.2, 0.25) is 0 Å². The molecule has 1 unspecified atom stereocenters. The van der Waals surface area contributed by atoms with Gasteiger partial charge in [0.25, 0.3) is 0 Å². The summed E-state index contributed by atoms with van der Waals surface area (Å²) in [5, 5.41) is 9.77. The van der Waals surface area contributed by atoms with E-state index in [4.69, 9.17) is 10.5 Å². The Bertz CT molecular complexity index is 502. The van der Waals surface area contributed by atoms with Crippen molar-refractivity contribution in [1.82, 2.24) is 0 Å². The molecule has 0 radical (unpaired) electrons. The minimum absolute atomic E-state index is 0.0612. The van der Waals surface area contributed by atoms with E-state index in [2.05, 4.69) is 13.0 Å². The molecule has 3 N–H and O–H groups in total. The number of phenols is 1. The first-order valence-electron chi connectivity index (χ1n) is 7.06. The predicted molar refractivity (Wildman–Crippen MR) is 75.3 cm³/mol. The average Bonchev–Trinajstić information content (AvgIpc) is 2.36. The minimum Gasteiger partial charge on any atom is -0.508 e. The van der Waals surface area contributed by atoms with Crippen LogP contribution in [0.15, 0.2) is 18.2 Å². The van der Waals surface area contributed by atoms with Gasteiger partial charge in [0.05, 0.1) is 6.61 Å². The molecule has 3 nitrogen and oxygen atoms in total. The first kappa shape index (κ1) is 12.9. The van der Waals surface area contributed by atoms with Crippen molar-refractivity contribution in [3.63, 3.8) is 0 Å². The Morgan fingerprint density at radius 3 is 3.00 bits per heavy atom. The van der Waals surface area contributed by atoms with Gasteiger partial charge in [0, 0.05) is 18.6 Å². The lowest BCUT2D eigenvalue weighted by molar-refractivity contribution is -0.00280. The van der Waals surface area contributed by atoms with Crippen molar-refractivity contribution >= 4 is 0 Å². The topological polar surface area (TPSA) is 55.5 Å². The van der Waals surface area contributed by atoms with E-state index in [1.807, 2.05) is 6.07 Å². The summed E-state index contributed by atoms with van der Waals surface area (Å²) in [6.45, 7) is 3.03. The van der Waals surface area contributed by atoms with Gasteiger partial charge in [0.2, 0.25) is 0 Å². The number of nitrogens with two attached hydrogens (primary N) is 1. The molecule has 1 aromatic rings. The molecule has 3 atom stereocenters. The van der Waals surface area contributed by atoms with Crippen molar-refractivity contribution in [3.8, 4) is 5.75 Å². The third kappa shape index (κ3) is 1.87. The van der Waals surface area contributed by atoms with Crippen molar-refractivity contribution in [1.29, 1.82) is 0 Å². The number of methoxy groups -OCH3 is 1. The molecule has 19 heavy (non-hydrogen) atoms. The van der Waals surface area contributed by atoms with E-state index in [1.165, 1.54) is 11.1 Å². The summed E-state index contributed by atoms with van der Waals surface area (Å²) >= 11 is 0. The number of fused-ring (bicyclic) bond motifs is 4. The molecular weight excluding hydrogens is 238 g/mol. The summed E-state index contributed by atoms with van der Waals surface area (Å²) in [6.07, 6.45) is 4.16. The van der Waals surface area contributed by atoms with Crippen LogP contribution < -0.4 is 5.73 Å². The SMILES string of the molecule is COC[C@@]12Cc3ccc(O)cc3C(C)(CC[C@H]1N)C2. The van der Waals surface area contributed by atoms with Gasteiger partial charge in [-0.3, -0.25) is 0 Å². The maximum Gasteiger partial charge on any atom is 0.115 e. The largest absolute Gasteiger partial charge is 0.508 e. The first-order valence-corrected chi connectivity index (χ1v) is 7.06. The summed E-state index contributed by atoms with van der Waals surface area (Å²) < 4.78 is 5.48. The molecule has 0 heterocycles. The molecule has 0 spiro atoms. The number of rotatable bonds is 2. The zero-order valence-corrected chi connectivity index (χ0v) is 11.8. The van der Waals surface area contributed by atoms with Crippen LogP contribution in [0.3, 0.4) is 0 Å². The smallest absolute Gasteiger partial charge is 0.115 e. The number of hydrogen-bond donors (Lipinski definition) is 2. The van der Waals surface area contributed by atoms with Gasteiger partial charge >= 0.3 is 0 Å². The zero-order valence-electron chi connectivity index (χ0n) is 11.8. The van der Waals surface area contributed by atoms with Gasteiger partial charge in [-0.25, -0.2) is 0 Å². The van der Waals surface area contributed by atoms with E-state index in [9.17, 15) is 5.11 Å². The molecule has 1 fully saturated rings. The number of phenolic OH excluding ortho intramolecular Hbond substituents is 1. The monoisotopic (exact) mass is 261 g/mol. The van der Waals surface area contributed by atoms with Crippen LogP contribution in [-0.2, 0) is 16.6 Å². The fraction of sp³-hybridized carbons (Fsp3) is 0.625. The summed E-state index contributed by atoms with van der Waals surface area (Å²) in [5.74, 6) is 0.370. The lowest BCUT2D eigenvalue weighted by Crippen LogP contribution is -2.56. The Balaban J connectivity index is 2.11. The van der Waals surface area contributed by atoms with Crippen LogP contribution in [0.4, 0.5) is 0 Å². The van der Waals surface area contributed by atoms with Gasteiger partial charge in [-0.05, 0) is 54.4 Å². The third-order valence-electron chi connectivity index (χ3n) is 5.25. The highest BCUT2D eigenvalue weighted by atomic mass is 16.5. The van der Waals surface area contributed by atoms with Crippen LogP contribution in [-0.4, -0.2) is 24.9 Å². The van der Waals surface area contributed by atoms with Crippen LogP contribution in [0.1, 0.15) is 37.3 Å². The van der Waals surface area contributed by atoms with E-state index in [0.29, 0.717) is 5.75 Å². The summed E-state index contributed by atoms with van der Waals surface area (Å²) in [7, 11) is 1.76. The molecule has 2 bridgehead atoms. The fourth-order valence-electron chi connectivity index (χ4n) is 4.36. The van der Waals surface area contributed by atoms with E-state index in [0.717, 1.165) is 32.3 Å². The van der Waals surface area contributed by atoms with Gasteiger partial charge in [0.15, 0.2) is 0 Å². The third-order valence-corrected chi connectivity index (χ3v) is 5.25. The van der Waals surface area contributed by atoms with Crippen LogP contribution in [0, 0.1) is 5.41 Å². The lowest BCUT2D eigenvalue weighted by Gasteiger charge is -2.54. The van der Waals surface area contributed by atoms with Crippen molar-refractivity contribution in [2.24, 2.45) is 11.1 Å². The molecule has 1 aromatic carbocycles. The summed E-state index contributed by atoms with van der Waals surface area (Å²) in [4.78, 5) is 0. The standard InChI is InChI=1S/C16H23NO2/c1-15-6-5-14(17)16(9-15,10-19-2)8-11-3-4-12(18)7-13(11)15/h3-4,7,14,18H,5-6,8-10,17H2,1-2H3/t14-,15?,16+/m1/s1. The lowest BCUT2D eigenvalue weighted by atomic mass is 9.52. The van der Waals surface area contributed by atoms with Crippen molar-refractivity contribution in [3.05, 3.63) is 29.3 Å². The molecular formula is C16H23NO2. The van der Waals surface area contributed by atoms with Crippen LogP contribution in [0.25, 0.3) is 0 Å². The fourth-order valence-corrected chi connectivity index (χ4v) is 4.36. The number of benzene rings is 1. The van der Waals surface area contributed by atoms with Gasteiger partial charge in [0.1, 0.15) is 5.75 Å². The van der Waals surface area contributed by atoms with Gasteiger partial charge in [-0.2, -0.15) is 0 Å². The van der Waals surface area contributed by atoms with E-state index < -0.39 is 0 Å². The molecule has 3 heteroatoms. The average molecular weight is 261 g/mol.